The van der Waals surface area contributed by atoms with Gasteiger partial charge < -0.3 is 4.74 Å². The number of thiophene rings is 1. The van der Waals surface area contributed by atoms with Crippen LogP contribution in [0.15, 0.2) is 52.9 Å². The van der Waals surface area contributed by atoms with Crippen LogP contribution >= 0.6 is 11.3 Å². The molecule has 0 aliphatic heterocycles. The van der Waals surface area contributed by atoms with E-state index in [2.05, 4.69) is 14.4 Å². The van der Waals surface area contributed by atoms with Gasteiger partial charge in [0.25, 0.3) is 10.0 Å². The minimum atomic E-state index is -3.89. The SMILES string of the molecule is COC(=O)c1sccc1NS(=O)(=O)c1cccc2cccnc12. The molecule has 2 heterocycles. The van der Waals surface area contributed by atoms with E-state index in [4.69, 9.17) is 0 Å². The lowest BCUT2D eigenvalue weighted by atomic mass is 10.2. The van der Waals surface area contributed by atoms with Crippen molar-refractivity contribution in [1.29, 1.82) is 0 Å². The van der Waals surface area contributed by atoms with Gasteiger partial charge in [0.2, 0.25) is 0 Å². The summed E-state index contributed by atoms with van der Waals surface area (Å²) in [5.74, 6) is -0.589. The Morgan fingerprint density at radius 1 is 1.22 bits per heavy atom. The van der Waals surface area contributed by atoms with Gasteiger partial charge in [-0.25, -0.2) is 13.2 Å². The van der Waals surface area contributed by atoms with Crippen LogP contribution in [-0.4, -0.2) is 26.5 Å². The number of fused-ring (bicyclic) bond motifs is 1. The Kier molecular flexibility index (Phi) is 4.01. The first-order valence-corrected chi connectivity index (χ1v) is 8.91. The second kappa shape index (κ2) is 5.98. The molecule has 0 amide bonds. The second-order valence-electron chi connectivity index (χ2n) is 4.59. The van der Waals surface area contributed by atoms with Crippen molar-refractivity contribution in [2.24, 2.45) is 0 Å². The van der Waals surface area contributed by atoms with Crippen LogP contribution in [0.2, 0.25) is 0 Å². The number of methoxy groups -OCH3 is 1. The molecule has 6 nitrogen and oxygen atoms in total. The van der Waals surface area contributed by atoms with Crippen LogP contribution in [0.3, 0.4) is 0 Å². The fraction of sp³-hybridized carbons (Fsp3) is 0.0667. The maximum atomic E-state index is 12.7. The predicted molar refractivity (Wildman–Crippen MR) is 88.2 cm³/mol. The van der Waals surface area contributed by atoms with E-state index < -0.39 is 16.0 Å². The highest BCUT2D eigenvalue weighted by Crippen LogP contribution is 2.28. The van der Waals surface area contributed by atoms with E-state index in [1.807, 2.05) is 0 Å². The number of hydrogen-bond donors (Lipinski definition) is 1. The van der Waals surface area contributed by atoms with Crippen LogP contribution in [0.5, 0.6) is 0 Å². The molecule has 1 N–H and O–H groups in total. The van der Waals surface area contributed by atoms with Crippen LogP contribution in [-0.2, 0) is 14.8 Å². The van der Waals surface area contributed by atoms with E-state index in [1.54, 1.807) is 29.6 Å². The summed E-state index contributed by atoms with van der Waals surface area (Å²) in [6.07, 6.45) is 1.53. The van der Waals surface area contributed by atoms with E-state index in [-0.39, 0.29) is 15.5 Å². The molecule has 3 aromatic rings. The van der Waals surface area contributed by atoms with Crippen LogP contribution in [0.1, 0.15) is 9.67 Å². The Bertz CT molecular complexity index is 975. The summed E-state index contributed by atoms with van der Waals surface area (Å²) in [4.78, 5) is 16.1. The number of aromatic nitrogens is 1. The molecule has 3 rings (SSSR count). The molecule has 0 saturated carbocycles. The Hall–Kier alpha value is -2.45. The van der Waals surface area contributed by atoms with E-state index in [1.165, 1.54) is 25.4 Å². The standard InChI is InChI=1S/C15H12N2O4S2/c1-21-15(18)14-11(7-9-22-14)17-23(19,20)12-6-2-4-10-5-3-8-16-13(10)12/h2-9,17H,1H3. The normalized spacial score (nSPS) is 11.3. The van der Waals surface area contributed by atoms with Crippen LogP contribution in [0.4, 0.5) is 5.69 Å². The van der Waals surface area contributed by atoms with Crippen molar-refractivity contribution in [3.05, 3.63) is 52.9 Å². The first-order valence-electron chi connectivity index (χ1n) is 6.55. The number of esters is 1. The molecule has 0 aliphatic carbocycles. The lowest BCUT2D eigenvalue weighted by Gasteiger charge is -2.10. The number of carbonyl (C=O) groups excluding carboxylic acids is 1. The number of nitrogens with zero attached hydrogens (tertiary/aromatic N) is 1. The zero-order chi connectivity index (χ0) is 16.4. The minimum Gasteiger partial charge on any atom is -0.465 e. The topological polar surface area (TPSA) is 85.4 Å². The number of benzene rings is 1. The average Bonchev–Trinajstić information content (AvgIpc) is 3.01. The predicted octanol–water partition coefficient (Wildman–Crippen LogP) is 2.88. The molecular weight excluding hydrogens is 336 g/mol. The molecule has 2 aromatic heterocycles. The number of anilines is 1. The van der Waals surface area contributed by atoms with Gasteiger partial charge >= 0.3 is 5.97 Å². The van der Waals surface area contributed by atoms with Gasteiger partial charge in [0.1, 0.15) is 9.77 Å². The van der Waals surface area contributed by atoms with Gasteiger partial charge in [-0.05, 0) is 23.6 Å². The molecule has 0 saturated heterocycles. The molecule has 0 atom stereocenters. The molecule has 118 valence electrons. The van der Waals surface area contributed by atoms with Gasteiger partial charge in [0.15, 0.2) is 0 Å². The van der Waals surface area contributed by atoms with Gasteiger partial charge in [0.05, 0.1) is 18.3 Å². The summed E-state index contributed by atoms with van der Waals surface area (Å²) < 4.78 is 32.4. The van der Waals surface area contributed by atoms with Crippen molar-refractivity contribution in [3.8, 4) is 0 Å². The molecule has 0 unspecified atom stereocenters. The number of hydrogen-bond acceptors (Lipinski definition) is 6. The quantitative estimate of drug-likeness (QED) is 0.733. The summed E-state index contributed by atoms with van der Waals surface area (Å²) in [5.41, 5.74) is 0.562. The van der Waals surface area contributed by atoms with E-state index in [0.717, 1.165) is 11.3 Å². The number of carbonyl (C=O) groups is 1. The minimum absolute atomic E-state index is 0.0533. The van der Waals surface area contributed by atoms with E-state index >= 15 is 0 Å². The third kappa shape index (κ3) is 2.90. The van der Waals surface area contributed by atoms with Gasteiger partial charge in [-0.1, -0.05) is 18.2 Å². The highest BCUT2D eigenvalue weighted by atomic mass is 32.2. The molecule has 23 heavy (non-hydrogen) atoms. The van der Waals surface area contributed by atoms with Gasteiger partial charge in [0, 0.05) is 11.6 Å². The first kappa shape index (κ1) is 15.4. The van der Waals surface area contributed by atoms with Gasteiger partial charge in [-0.3, -0.25) is 9.71 Å². The second-order valence-corrected chi connectivity index (χ2v) is 7.16. The summed E-state index contributed by atoms with van der Waals surface area (Å²) >= 11 is 1.10. The number of ether oxygens (including phenoxy) is 1. The van der Waals surface area contributed by atoms with Crippen molar-refractivity contribution < 1.29 is 17.9 Å². The molecule has 0 bridgehead atoms. The Morgan fingerprint density at radius 2 is 2.00 bits per heavy atom. The number of sulfonamides is 1. The highest BCUT2D eigenvalue weighted by molar-refractivity contribution is 7.93. The molecule has 8 heteroatoms. The Labute approximate surface area is 136 Å². The zero-order valence-electron chi connectivity index (χ0n) is 12.0. The number of rotatable bonds is 4. The van der Waals surface area contributed by atoms with Crippen molar-refractivity contribution in [2.75, 3.05) is 11.8 Å². The largest absolute Gasteiger partial charge is 0.465 e. The number of nitrogens with one attached hydrogen (secondary N) is 1. The van der Waals surface area contributed by atoms with Crippen molar-refractivity contribution in [2.45, 2.75) is 4.90 Å². The lowest BCUT2D eigenvalue weighted by molar-refractivity contribution is 0.0607. The fourth-order valence-electron chi connectivity index (χ4n) is 2.13. The number of para-hydroxylation sites is 1. The molecule has 0 radical (unpaired) electrons. The maximum absolute atomic E-state index is 12.7. The monoisotopic (exact) mass is 348 g/mol. The summed E-state index contributed by atoms with van der Waals surface area (Å²) in [7, 11) is -2.64. The molecule has 0 fully saturated rings. The van der Waals surface area contributed by atoms with Gasteiger partial charge in [-0.2, -0.15) is 0 Å². The molecular formula is C15H12N2O4S2. The molecule has 0 spiro atoms. The highest BCUT2D eigenvalue weighted by Gasteiger charge is 2.22. The van der Waals surface area contributed by atoms with Crippen molar-refractivity contribution in [3.63, 3.8) is 0 Å². The van der Waals surface area contributed by atoms with E-state index in [9.17, 15) is 13.2 Å². The third-order valence-electron chi connectivity index (χ3n) is 3.17. The van der Waals surface area contributed by atoms with Crippen molar-refractivity contribution >= 4 is 43.9 Å². The average molecular weight is 348 g/mol. The van der Waals surface area contributed by atoms with Crippen LogP contribution in [0.25, 0.3) is 10.9 Å². The lowest BCUT2D eigenvalue weighted by Crippen LogP contribution is -2.15. The number of pyridine rings is 1. The van der Waals surface area contributed by atoms with E-state index in [0.29, 0.717) is 10.9 Å². The Balaban J connectivity index is 2.06. The summed E-state index contributed by atoms with van der Waals surface area (Å²) in [5, 5.41) is 2.33. The summed E-state index contributed by atoms with van der Waals surface area (Å²) in [6, 6.07) is 9.94. The van der Waals surface area contributed by atoms with Gasteiger partial charge in [-0.15, -0.1) is 11.3 Å². The first-order chi connectivity index (χ1) is 11.0. The smallest absolute Gasteiger partial charge is 0.350 e. The fourth-order valence-corrected chi connectivity index (χ4v) is 4.22. The molecule has 1 aromatic carbocycles. The van der Waals surface area contributed by atoms with Crippen LogP contribution < -0.4 is 4.72 Å². The third-order valence-corrected chi connectivity index (χ3v) is 5.46. The maximum Gasteiger partial charge on any atom is 0.350 e. The van der Waals surface area contributed by atoms with Crippen LogP contribution in [0, 0.1) is 0 Å². The molecule has 0 aliphatic rings. The Morgan fingerprint density at radius 3 is 2.78 bits per heavy atom. The zero-order valence-corrected chi connectivity index (χ0v) is 13.6. The summed E-state index contributed by atoms with van der Waals surface area (Å²) in [6.45, 7) is 0. The van der Waals surface area contributed by atoms with Crippen molar-refractivity contribution in [1.82, 2.24) is 4.98 Å².